The molecule has 2 aromatic heterocycles. The fraction of sp³-hybridized carbons (Fsp3) is 0.357. The third kappa shape index (κ3) is 2.09. The summed E-state index contributed by atoms with van der Waals surface area (Å²) < 4.78 is 7.49. The van der Waals surface area contributed by atoms with E-state index in [4.69, 9.17) is 10.5 Å². The molecule has 0 amide bonds. The van der Waals surface area contributed by atoms with E-state index in [2.05, 4.69) is 15.3 Å². The van der Waals surface area contributed by atoms with Crippen molar-refractivity contribution in [1.82, 2.24) is 19.8 Å². The Hall–Kier alpha value is -1.99. The van der Waals surface area contributed by atoms with Gasteiger partial charge in [0.05, 0.1) is 0 Å². The van der Waals surface area contributed by atoms with Crippen molar-refractivity contribution in [3.05, 3.63) is 29.6 Å². The highest BCUT2D eigenvalue weighted by Crippen LogP contribution is 2.31. The van der Waals surface area contributed by atoms with E-state index in [1.54, 1.807) is 0 Å². The lowest BCUT2D eigenvalue weighted by molar-refractivity contribution is 0.103. The predicted octanol–water partition coefficient (Wildman–Crippen LogP) is 2.59. The Bertz CT molecular complexity index is 803. The third-order valence-corrected chi connectivity index (χ3v) is 4.70. The van der Waals surface area contributed by atoms with Crippen LogP contribution in [0.3, 0.4) is 0 Å². The van der Waals surface area contributed by atoms with Crippen LogP contribution in [0.2, 0.25) is 0 Å². The largest absolute Gasteiger partial charge is 0.399 e. The Morgan fingerprint density at radius 2 is 2.29 bits per heavy atom. The number of anilines is 1. The molecule has 1 unspecified atom stereocenters. The van der Waals surface area contributed by atoms with Gasteiger partial charge in [0.15, 0.2) is 5.82 Å². The van der Waals surface area contributed by atoms with Crippen LogP contribution >= 0.6 is 11.3 Å². The zero-order chi connectivity index (χ0) is 14.4. The summed E-state index contributed by atoms with van der Waals surface area (Å²) >= 11 is 1.53. The van der Waals surface area contributed by atoms with Gasteiger partial charge in [-0.15, -0.1) is 10.2 Å². The molecule has 21 heavy (non-hydrogen) atoms. The Labute approximate surface area is 125 Å². The molecule has 1 saturated heterocycles. The lowest BCUT2D eigenvalue weighted by Crippen LogP contribution is -2.03. The first-order valence-electron chi connectivity index (χ1n) is 6.92. The van der Waals surface area contributed by atoms with Gasteiger partial charge in [0, 0.05) is 17.9 Å². The number of aryl methyl sites for hydroxylation is 1. The molecule has 1 aliphatic heterocycles. The smallest absolute Gasteiger partial charge is 0.235 e. The van der Waals surface area contributed by atoms with E-state index in [9.17, 15) is 0 Å². The molecule has 0 radical (unpaired) electrons. The van der Waals surface area contributed by atoms with Crippen LogP contribution in [0.15, 0.2) is 18.2 Å². The monoisotopic (exact) mass is 301 g/mol. The molecular formula is C14H15N5OS. The highest BCUT2D eigenvalue weighted by Gasteiger charge is 2.25. The molecule has 6 nitrogen and oxygen atoms in total. The first kappa shape index (κ1) is 12.7. The van der Waals surface area contributed by atoms with Crippen LogP contribution in [0, 0.1) is 6.92 Å². The molecule has 1 atom stereocenters. The third-order valence-electron chi connectivity index (χ3n) is 3.75. The van der Waals surface area contributed by atoms with Crippen molar-refractivity contribution < 1.29 is 4.74 Å². The van der Waals surface area contributed by atoms with Crippen LogP contribution in [0.5, 0.6) is 0 Å². The number of nitrogen functional groups attached to an aromatic ring is 1. The van der Waals surface area contributed by atoms with E-state index < -0.39 is 0 Å². The van der Waals surface area contributed by atoms with Gasteiger partial charge in [-0.2, -0.15) is 9.61 Å². The van der Waals surface area contributed by atoms with Crippen molar-refractivity contribution in [1.29, 1.82) is 0 Å². The number of hydrogen-bond donors (Lipinski definition) is 1. The summed E-state index contributed by atoms with van der Waals surface area (Å²) in [5.41, 5.74) is 8.77. The quantitative estimate of drug-likeness (QED) is 0.736. The van der Waals surface area contributed by atoms with E-state index in [1.807, 2.05) is 29.6 Å². The van der Waals surface area contributed by atoms with Crippen LogP contribution in [0.1, 0.15) is 30.3 Å². The second kappa shape index (κ2) is 4.78. The van der Waals surface area contributed by atoms with E-state index >= 15 is 0 Å². The molecule has 0 spiro atoms. The van der Waals surface area contributed by atoms with Gasteiger partial charge in [-0.25, -0.2) is 0 Å². The molecule has 2 N–H and O–H groups in total. The fourth-order valence-electron chi connectivity index (χ4n) is 2.54. The van der Waals surface area contributed by atoms with Crippen LogP contribution in [-0.2, 0) is 4.74 Å². The minimum atomic E-state index is 0.0168. The molecule has 3 heterocycles. The van der Waals surface area contributed by atoms with Crippen molar-refractivity contribution in [2.45, 2.75) is 25.9 Å². The number of nitrogens with two attached hydrogens (primary N) is 1. The van der Waals surface area contributed by atoms with Crippen molar-refractivity contribution >= 4 is 22.0 Å². The first-order chi connectivity index (χ1) is 10.2. The zero-order valence-electron chi connectivity index (χ0n) is 11.6. The van der Waals surface area contributed by atoms with Gasteiger partial charge in [-0.1, -0.05) is 11.3 Å². The molecule has 3 aromatic rings. The summed E-state index contributed by atoms with van der Waals surface area (Å²) in [6.45, 7) is 2.78. The SMILES string of the molecule is Cc1cc(-c2nn3c(C4CCCO4)nnc3s2)ccc1N. The topological polar surface area (TPSA) is 78.3 Å². The molecule has 4 rings (SSSR count). The fourth-order valence-corrected chi connectivity index (χ4v) is 3.38. The lowest BCUT2D eigenvalue weighted by atomic mass is 10.1. The number of ether oxygens (including phenoxy) is 1. The van der Waals surface area contributed by atoms with E-state index in [-0.39, 0.29) is 6.10 Å². The molecule has 0 aliphatic carbocycles. The van der Waals surface area contributed by atoms with E-state index in [0.717, 1.165) is 52.1 Å². The van der Waals surface area contributed by atoms with Gasteiger partial charge >= 0.3 is 0 Å². The number of fused-ring (bicyclic) bond motifs is 1. The van der Waals surface area contributed by atoms with Crippen LogP contribution < -0.4 is 5.73 Å². The Balaban J connectivity index is 1.78. The van der Waals surface area contributed by atoms with Crippen LogP contribution in [-0.4, -0.2) is 26.4 Å². The predicted molar refractivity (Wildman–Crippen MR) is 81.2 cm³/mol. The second-order valence-electron chi connectivity index (χ2n) is 5.23. The standard InChI is InChI=1S/C14H15N5OS/c1-8-7-9(4-5-10(8)15)13-18-19-12(11-3-2-6-20-11)16-17-14(19)21-13/h4-5,7,11H,2-3,6,15H2,1H3. The van der Waals surface area contributed by atoms with Gasteiger partial charge in [0.25, 0.3) is 0 Å². The molecule has 108 valence electrons. The van der Waals surface area contributed by atoms with Crippen molar-refractivity contribution in [3.63, 3.8) is 0 Å². The molecule has 0 bridgehead atoms. The van der Waals surface area contributed by atoms with Gasteiger partial charge in [0.1, 0.15) is 11.1 Å². The Morgan fingerprint density at radius 3 is 3.05 bits per heavy atom. The maximum atomic E-state index is 5.87. The second-order valence-corrected chi connectivity index (χ2v) is 6.19. The maximum absolute atomic E-state index is 5.87. The van der Waals surface area contributed by atoms with Gasteiger partial charge in [-0.05, 0) is 43.5 Å². The molecular weight excluding hydrogens is 286 g/mol. The number of nitrogens with zero attached hydrogens (tertiary/aromatic N) is 4. The summed E-state index contributed by atoms with van der Waals surface area (Å²) in [6, 6.07) is 5.95. The number of hydrogen-bond acceptors (Lipinski definition) is 6. The molecule has 1 fully saturated rings. The molecule has 1 aromatic carbocycles. The van der Waals surface area contributed by atoms with E-state index in [1.165, 1.54) is 11.3 Å². The average molecular weight is 301 g/mol. The zero-order valence-corrected chi connectivity index (χ0v) is 12.4. The first-order valence-corrected chi connectivity index (χ1v) is 7.74. The van der Waals surface area contributed by atoms with Crippen LogP contribution in [0.4, 0.5) is 5.69 Å². The van der Waals surface area contributed by atoms with Crippen molar-refractivity contribution in [2.75, 3.05) is 12.3 Å². The number of benzene rings is 1. The van der Waals surface area contributed by atoms with Gasteiger partial charge in [-0.3, -0.25) is 0 Å². The molecule has 1 aliphatic rings. The highest BCUT2D eigenvalue weighted by atomic mass is 32.1. The van der Waals surface area contributed by atoms with Crippen molar-refractivity contribution in [3.8, 4) is 10.6 Å². The summed E-state index contributed by atoms with van der Waals surface area (Å²) in [7, 11) is 0. The lowest BCUT2D eigenvalue weighted by Gasteiger charge is -2.04. The molecule has 7 heteroatoms. The molecule has 0 saturated carbocycles. The minimum absolute atomic E-state index is 0.0168. The summed E-state index contributed by atoms with van der Waals surface area (Å²) in [6.07, 6.45) is 2.06. The maximum Gasteiger partial charge on any atom is 0.235 e. The number of aromatic nitrogens is 4. The number of rotatable bonds is 2. The Morgan fingerprint density at radius 1 is 1.38 bits per heavy atom. The Kier molecular flexibility index (Phi) is 2.90. The summed E-state index contributed by atoms with van der Waals surface area (Å²) in [5.74, 6) is 0.803. The normalized spacial score (nSPS) is 18.6. The van der Waals surface area contributed by atoms with Crippen molar-refractivity contribution in [2.24, 2.45) is 0 Å². The average Bonchev–Trinajstić information content (AvgIpc) is 3.16. The van der Waals surface area contributed by atoms with Crippen LogP contribution in [0.25, 0.3) is 15.5 Å². The highest BCUT2D eigenvalue weighted by molar-refractivity contribution is 7.19. The minimum Gasteiger partial charge on any atom is -0.399 e. The van der Waals surface area contributed by atoms with Gasteiger partial charge < -0.3 is 10.5 Å². The van der Waals surface area contributed by atoms with Gasteiger partial charge in [0.2, 0.25) is 4.96 Å². The van der Waals surface area contributed by atoms with E-state index in [0.29, 0.717) is 0 Å². The summed E-state index contributed by atoms with van der Waals surface area (Å²) in [4.78, 5) is 0.796. The summed E-state index contributed by atoms with van der Waals surface area (Å²) in [5, 5.41) is 14.0.